The van der Waals surface area contributed by atoms with Gasteiger partial charge in [0.05, 0.1) is 0 Å². The van der Waals surface area contributed by atoms with Crippen molar-refractivity contribution in [3.05, 3.63) is 11.8 Å². The van der Waals surface area contributed by atoms with Gasteiger partial charge >= 0.3 is 11.8 Å². The zero-order chi connectivity index (χ0) is 14.4. The number of hydrogen-bond acceptors (Lipinski definition) is 6. The summed E-state index contributed by atoms with van der Waals surface area (Å²) >= 11 is 0. The quantitative estimate of drug-likeness (QED) is 0.609. The van der Waals surface area contributed by atoms with Crippen molar-refractivity contribution < 1.29 is 14.1 Å². The number of anilines is 1. The topological polar surface area (TPSA) is 99.5 Å². The third-order valence-corrected chi connectivity index (χ3v) is 3.00. The van der Waals surface area contributed by atoms with Crippen molar-refractivity contribution in [1.82, 2.24) is 20.7 Å². The Hall–Kier alpha value is -1.93. The molecular weight excluding hydrogens is 262 g/mol. The number of carbonyl (C=O) groups is 2. The second kappa shape index (κ2) is 7.01. The molecule has 0 unspecified atom stereocenters. The normalized spacial score (nSPS) is 15.8. The molecule has 0 radical (unpaired) electrons. The minimum Gasteiger partial charge on any atom is -0.360 e. The van der Waals surface area contributed by atoms with Crippen LogP contribution in [-0.4, -0.2) is 61.1 Å². The van der Waals surface area contributed by atoms with Crippen molar-refractivity contribution in [3.8, 4) is 0 Å². The van der Waals surface area contributed by atoms with Gasteiger partial charge in [-0.3, -0.25) is 19.8 Å². The second-order valence-corrected chi connectivity index (χ2v) is 4.62. The highest BCUT2D eigenvalue weighted by molar-refractivity contribution is 6.39. The molecule has 2 rings (SSSR count). The molecule has 20 heavy (non-hydrogen) atoms. The molecule has 1 aliphatic rings. The van der Waals surface area contributed by atoms with E-state index in [2.05, 4.69) is 26.0 Å². The van der Waals surface area contributed by atoms with Gasteiger partial charge in [0.15, 0.2) is 5.82 Å². The molecular formula is C12H19N5O3. The molecule has 0 spiro atoms. The molecule has 0 aliphatic carbocycles. The van der Waals surface area contributed by atoms with E-state index in [0.717, 1.165) is 32.7 Å². The summed E-state index contributed by atoms with van der Waals surface area (Å²) in [7, 11) is 0. The Morgan fingerprint density at radius 3 is 2.80 bits per heavy atom. The van der Waals surface area contributed by atoms with Crippen LogP contribution < -0.4 is 16.0 Å². The van der Waals surface area contributed by atoms with E-state index < -0.39 is 11.8 Å². The minimum absolute atomic E-state index is 0.241. The highest BCUT2D eigenvalue weighted by Gasteiger charge is 2.16. The van der Waals surface area contributed by atoms with Crippen LogP contribution >= 0.6 is 0 Å². The van der Waals surface area contributed by atoms with Gasteiger partial charge in [0, 0.05) is 45.3 Å². The zero-order valence-electron chi connectivity index (χ0n) is 11.4. The van der Waals surface area contributed by atoms with Gasteiger partial charge in [-0.2, -0.15) is 0 Å². The fourth-order valence-corrected chi connectivity index (χ4v) is 1.94. The van der Waals surface area contributed by atoms with E-state index in [0.29, 0.717) is 12.3 Å². The first-order valence-electron chi connectivity index (χ1n) is 6.61. The molecule has 3 N–H and O–H groups in total. The second-order valence-electron chi connectivity index (χ2n) is 4.62. The zero-order valence-corrected chi connectivity index (χ0v) is 11.4. The average molecular weight is 281 g/mol. The van der Waals surface area contributed by atoms with Crippen LogP contribution in [0.2, 0.25) is 0 Å². The summed E-state index contributed by atoms with van der Waals surface area (Å²) in [5.74, 6) is -0.594. The number of nitrogens with zero attached hydrogens (tertiary/aromatic N) is 2. The lowest BCUT2D eigenvalue weighted by Gasteiger charge is -2.26. The summed E-state index contributed by atoms with van der Waals surface area (Å²) < 4.78 is 4.80. The Balaban J connectivity index is 1.67. The fraction of sp³-hybridized carbons (Fsp3) is 0.583. The Bertz CT molecular complexity index is 467. The summed E-state index contributed by atoms with van der Waals surface area (Å²) in [6, 6.07) is 1.55. The number of carbonyl (C=O) groups excluding carboxylic acids is 2. The van der Waals surface area contributed by atoms with Crippen LogP contribution in [0.4, 0.5) is 5.82 Å². The third-order valence-electron chi connectivity index (χ3n) is 3.00. The number of aryl methyl sites for hydroxylation is 1. The van der Waals surface area contributed by atoms with Gasteiger partial charge in [-0.05, 0) is 6.92 Å². The number of aromatic nitrogens is 1. The van der Waals surface area contributed by atoms with E-state index >= 15 is 0 Å². The van der Waals surface area contributed by atoms with Crippen LogP contribution in [0.25, 0.3) is 0 Å². The molecule has 1 aliphatic heterocycles. The molecule has 8 heteroatoms. The van der Waals surface area contributed by atoms with Crippen molar-refractivity contribution in [1.29, 1.82) is 0 Å². The third kappa shape index (κ3) is 4.32. The Morgan fingerprint density at radius 1 is 1.40 bits per heavy atom. The Morgan fingerprint density at radius 2 is 2.15 bits per heavy atom. The number of piperazine rings is 1. The highest BCUT2D eigenvalue weighted by atomic mass is 16.5. The number of rotatable bonds is 4. The number of amides is 2. The average Bonchev–Trinajstić information content (AvgIpc) is 2.85. The Kier molecular flexibility index (Phi) is 5.08. The van der Waals surface area contributed by atoms with Crippen LogP contribution in [-0.2, 0) is 9.59 Å². The first kappa shape index (κ1) is 14.5. The van der Waals surface area contributed by atoms with Crippen molar-refractivity contribution in [2.45, 2.75) is 6.92 Å². The lowest BCUT2D eigenvalue weighted by Crippen LogP contribution is -2.47. The minimum atomic E-state index is -0.737. The predicted octanol–water partition coefficient (Wildman–Crippen LogP) is -1.06. The van der Waals surface area contributed by atoms with Gasteiger partial charge in [0.2, 0.25) is 0 Å². The van der Waals surface area contributed by atoms with Crippen molar-refractivity contribution in [2.75, 3.05) is 44.6 Å². The molecule has 1 aromatic rings. The number of hydrogen-bond donors (Lipinski definition) is 3. The van der Waals surface area contributed by atoms with Gasteiger partial charge < -0.3 is 15.2 Å². The van der Waals surface area contributed by atoms with Crippen LogP contribution in [0.3, 0.4) is 0 Å². The van der Waals surface area contributed by atoms with Gasteiger partial charge in [0.1, 0.15) is 5.76 Å². The van der Waals surface area contributed by atoms with Crippen LogP contribution in [0, 0.1) is 6.92 Å². The molecule has 0 atom stereocenters. The van der Waals surface area contributed by atoms with E-state index in [1.54, 1.807) is 13.0 Å². The molecule has 1 fully saturated rings. The van der Waals surface area contributed by atoms with Crippen LogP contribution in [0.15, 0.2) is 10.6 Å². The molecule has 2 heterocycles. The van der Waals surface area contributed by atoms with E-state index in [4.69, 9.17) is 4.52 Å². The molecule has 2 amide bonds. The summed E-state index contributed by atoms with van der Waals surface area (Å²) in [4.78, 5) is 25.4. The van der Waals surface area contributed by atoms with E-state index in [1.807, 2.05) is 0 Å². The molecule has 1 aromatic heterocycles. The summed E-state index contributed by atoms with van der Waals surface area (Å²) in [6.45, 7) is 6.73. The van der Waals surface area contributed by atoms with Gasteiger partial charge in [0.25, 0.3) is 0 Å². The van der Waals surface area contributed by atoms with Crippen LogP contribution in [0.5, 0.6) is 0 Å². The summed E-state index contributed by atoms with van der Waals surface area (Å²) in [5, 5.41) is 11.8. The summed E-state index contributed by atoms with van der Waals surface area (Å²) in [6.07, 6.45) is 0. The van der Waals surface area contributed by atoms with E-state index in [-0.39, 0.29) is 5.82 Å². The standard InChI is InChI=1S/C12H19N5O3/c1-9-8-10(16-20-9)15-12(19)11(18)14-4-7-17-5-2-13-3-6-17/h8,13H,2-7H2,1H3,(H,14,18)(H,15,16,19). The molecule has 110 valence electrons. The lowest BCUT2D eigenvalue weighted by molar-refractivity contribution is -0.136. The monoisotopic (exact) mass is 281 g/mol. The maximum atomic E-state index is 11.6. The lowest BCUT2D eigenvalue weighted by atomic mass is 10.3. The first-order chi connectivity index (χ1) is 9.65. The van der Waals surface area contributed by atoms with E-state index in [1.165, 1.54) is 0 Å². The molecule has 0 saturated carbocycles. The SMILES string of the molecule is Cc1cc(NC(=O)C(=O)NCCN2CCNCC2)no1. The van der Waals surface area contributed by atoms with Crippen molar-refractivity contribution in [2.24, 2.45) is 0 Å². The maximum Gasteiger partial charge on any atom is 0.314 e. The van der Waals surface area contributed by atoms with Crippen LogP contribution in [0.1, 0.15) is 5.76 Å². The molecule has 0 bridgehead atoms. The molecule has 8 nitrogen and oxygen atoms in total. The van der Waals surface area contributed by atoms with Crippen molar-refractivity contribution >= 4 is 17.6 Å². The van der Waals surface area contributed by atoms with E-state index in [9.17, 15) is 9.59 Å². The maximum absolute atomic E-state index is 11.6. The Labute approximate surface area is 116 Å². The number of nitrogens with one attached hydrogen (secondary N) is 3. The summed E-state index contributed by atoms with van der Waals surface area (Å²) in [5.41, 5.74) is 0. The predicted molar refractivity (Wildman–Crippen MR) is 72.2 cm³/mol. The van der Waals surface area contributed by atoms with Gasteiger partial charge in [-0.25, -0.2) is 0 Å². The van der Waals surface area contributed by atoms with Gasteiger partial charge in [-0.15, -0.1) is 0 Å². The van der Waals surface area contributed by atoms with Gasteiger partial charge in [-0.1, -0.05) is 5.16 Å². The highest BCUT2D eigenvalue weighted by Crippen LogP contribution is 2.06. The largest absolute Gasteiger partial charge is 0.360 e. The molecule has 0 aromatic carbocycles. The molecule has 1 saturated heterocycles. The first-order valence-corrected chi connectivity index (χ1v) is 6.61. The fourth-order valence-electron chi connectivity index (χ4n) is 1.94. The van der Waals surface area contributed by atoms with Crippen molar-refractivity contribution in [3.63, 3.8) is 0 Å². The smallest absolute Gasteiger partial charge is 0.314 e.